The first-order valence-corrected chi connectivity index (χ1v) is 5.45. The molecule has 0 saturated carbocycles. The lowest BCUT2D eigenvalue weighted by Gasteiger charge is -2.23. The van der Waals surface area contributed by atoms with E-state index in [1.807, 2.05) is 12.1 Å². The summed E-state index contributed by atoms with van der Waals surface area (Å²) in [5.41, 5.74) is 2.62. The quantitative estimate of drug-likeness (QED) is 0.431. The molecular weight excluding hydrogens is 343 g/mol. The molecule has 0 aliphatic rings. The summed E-state index contributed by atoms with van der Waals surface area (Å²) in [5, 5.41) is 1.02. The van der Waals surface area contributed by atoms with E-state index in [9.17, 15) is 4.79 Å². The standard InChI is InChI=1S/C13H16N2O2.HI/c1-15(2,3)10-5-6-11-9(7-10)8-12(14-11)13(16)17-4;/h5-8H,1-4H3;1H. The summed E-state index contributed by atoms with van der Waals surface area (Å²) >= 11 is 0. The maximum Gasteiger partial charge on any atom is 0.354 e. The van der Waals surface area contributed by atoms with Gasteiger partial charge in [-0.15, -0.1) is 0 Å². The van der Waals surface area contributed by atoms with Crippen LogP contribution in [0.25, 0.3) is 10.9 Å². The van der Waals surface area contributed by atoms with Gasteiger partial charge < -0.3 is 33.7 Å². The van der Waals surface area contributed by atoms with Crippen LogP contribution in [0.5, 0.6) is 0 Å². The van der Waals surface area contributed by atoms with Gasteiger partial charge in [-0.1, -0.05) is 0 Å². The van der Waals surface area contributed by atoms with Crippen molar-refractivity contribution in [2.45, 2.75) is 0 Å². The van der Waals surface area contributed by atoms with E-state index < -0.39 is 0 Å². The third kappa shape index (κ3) is 2.84. The van der Waals surface area contributed by atoms with Crippen LogP contribution in [0.3, 0.4) is 0 Å². The van der Waals surface area contributed by atoms with Crippen LogP contribution in [0.2, 0.25) is 0 Å². The van der Waals surface area contributed by atoms with Gasteiger partial charge >= 0.3 is 5.97 Å². The highest BCUT2D eigenvalue weighted by molar-refractivity contribution is 5.95. The van der Waals surface area contributed by atoms with Crippen molar-refractivity contribution in [3.05, 3.63) is 30.0 Å². The Morgan fingerprint density at radius 2 is 1.89 bits per heavy atom. The molecule has 98 valence electrons. The van der Waals surface area contributed by atoms with E-state index in [1.165, 1.54) is 12.8 Å². The average Bonchev–Trinajstić information content (AvgIpc) is 2.69. The Labute approximate surface area is 124 Å². The van der Waals surface area contributed by atoms with Gasteiger partial charge in [0, 0.05) is 23.0 Å². The first-order chi connectivity index (χ1) is 7.91. The number of aromatic nitrogens is 1. The number of nitrogens with zero attached hydrogens (tertiary/aromatic N) is 1. The monoisotopic (exact) mass is 360 g/mol. The lowest BCUT2D eigenvalue weighted by Crippen LogP contribution is -3.00. The minimum absolute atomic E-state index is 0. The maximum atomic E-state index is 11.4. The fourth-order valence-electron chi connectivity index (χ4n) is 1.76. The van der Waals surface area contributed by atoms with Crippen LogP contribution in [-0.2, 0) is 4.74 Å². The van der Waals surface area contributed by atoms with Crippen LogP contribution < -0.4 is 28.5 Å². The molecule has 1 N–H and O–H groups in total. The molecule has 1 aromatic heterocycles. The van der Waals surface area contributed by atoms with Gasteiger partial charge in [-0.3, -0.25) is 4.48 Å². The van der Waals surface area contributed by atoms with Gasteiger partial charge in [0.25, 0.3) is 0 Å². The van der Waals surface area contributed by atoms with Gasteiger partial charge in [0.2, 0.25) is 0 Å². The van der Waals surface area contributed by atoms with Crippen molar-refractivity contribution in [2.75, 3.05) is 28.3 Å². The minimum Gasteiger partial charge on any atom is -1.00 e. The second-order valence-corrected chi connectivity index (χ2v) is 4.96. The molecular formula is C13H17IN2O2. The number of quaternary nitrogens is 1. The molecule has 0 unspecified atom stereocenters. The van der Waals surface area contributed by atoms with Crippen molar-refractivity contribution in [1.29, 1.82) is 0 Å². The summed E-state index contributed by atoms with van der Waals surface area (Å²) in [5.74, 6) is -0.340. The summed E-state index contributed by atoms with van der Waals surface area (Å²) in [6.45, 7) is 0. The van der Waals surface area contributed by atoms with Crippen molar-refractivity contribution in [1.82, 2.24) is 9.47 Å². The van der Waals surface area contributed by atoms with Crippen LogP contribution in [-0.4, -0.2) is 39.2 Å². The van der Waals surface area contributed by atoms with E-state index >= 15 is 0 Å². The number of carbonyl (C=O) groups is 1. The second-order valence-electron chi connectivity index (χ2n) is 4.96. The number of carbonyl (C=O) groups excluding carboxylic acids is 1. The van der Waals surface area contributed by atoms with Gasteiger partial charge in [-0.05, 0) is 12.1 Å². The van der Waals surface area contributed by atoms with Crippen LogP contribution in [0.15, 0.2) is 24.3 Å². The van der Waals surface area contributed by atoms with E-state index in [2.05, 4.69) is 43.0 Å². The molecule has 0 saturated heterocycles. The van der Waals surface area contributed by atoms with E-state index in [1.54, 1.807) is 0 Å². The molecule has 0 spiro atoms. The number of H-pyrrole nitrogens is 1. The lowest BCUT2D eigenvalue weighted by atomic mass is 10.2. The van der Waals surface area contributed by atoms with E-state index in [0.29, 0.717) is 5.69 Å². The van der Waals surface area contributed by atoms with Crippen molar-refractivity contribution < 1.29 is 33.5 Å². The number of fused-ring (bicyclic) bond motifs is 1. The van der Waals surface area contributed by atoms with Crippen LogP contribution in [0.4, 0.5) is 5.69 Å². The molecule has 2 rings (SSSR count). The molecule has 0 aliphatic heterocycles. The molecule has 0 fully saturated rings. The Hall–Kier alpha value is -1.08. The summed E-state index contributed by atoms with van der Waals surface area (Å²) < 4.78 is 5.43. The zero-order valence-corrected chi connectivity index (χ0v) is 13.1. The number of hydrogen-bond acceptors (Lipinski definition) is 2. The Kier molecular flexibility index (Phi) is 4.39. The number of esters is 1. The van der Waals surface area contributed by atoms with Crippen LogP contribution in [0, 0.1) is 0 Å². The van der Waals surface area contributed by atoms with Crippen molar-refractivity contribution >= 4 is 22.6 Å². The number of rotatable bonds is 2. The smallest absolute Gasteiger partial charge is 0.354 e. The highest BCUT2D eigenvalue weighted by atomic mass is 127. The number of hydrogen-bond donors (Lipinski definition) is 1. The van der Waals surface area contributed by atoms with Crippen molar-refractivity contribution in [3.8, 4) is 0 Å². The highest BCUT2D eigenvalue weighted by Gasteiger charge is 2.15. The number of benzene rings is 1. The zero-order chi connectivity index (χ0) is 12.6. The van der Waals surface area contributed by atoms with Gasteiger partial charge in [0.05, 0.1) is 28.3 Å². The van der Waals surface area contributed by atoms with Crippen molar-refractivity contribution in [2.24, 2.45) is 0 Å². The number of halogens is 1. The van der Waals surface area contributed by atoms with Gasteiger partial charge in [-0.25, -0.2) is 4.79 Å². The lowest BCUT2D eigenvalue weighted by molar-refractivity contribution is -0.0000182. The molecule has 5 heteroatoms. The normalized spacial score (nSPS) is 11.1. The van der Waals surface area contributed by atoms with Crippen LogP contribution in [0.1, 0.15) is 10.5 Å². The van der Waals surface area contributed by atoms with Gasteiger partial charge in [0.15, 0.2) is 0 Å². The SMILES string of the molecule is COC(=O)c1cc2cc([N+](C)(C)C)ccc2[nH]1.[I-]. The molecule has 0 radical (unpaired) electrons. The Bertz CT molecular complexity index is 570. The fraction of sp³-hybridized carbons (Fsp3) is 0.308. The molecule has 0 aliphatic carbocycles. The molecule has 0 atom stereocenters. The Morgan fingerprint density at radius 1 is 1.22 bits per heavy atom. The largest absolute Gasteiger partial charge is 1.00 e. The van der Waals surface area contributed by atoms with Gasteiger partial charge in [-0.2, -0.15) is 0 Å². The third-order valence-electron chi connectivity index (χ3n) is 2.78. The Balaban J connectivity index is 0.00000162. The highest BCUT2D eigenvalue weighted by Crippen LogP contribution is 2.24. The number of ether oxygens (including phenoxy) is 1. The molecule has 0 amide bonds. The first kappa shape index (κ1) is 15.0. The van der Waals surface area contributed by atoms with E-state index in [4.69, 9.17) is 0 Å². The Morgan fingerprint density at radius 3 is 2.44 bits per heavy atom. The third-order valence-corrected chi connectivity index (χ3v) is 2.78. The average molecular weight is 360 g/mol. The first-order valence-electron chi connectivity index (χ1n) is 5.45. The molecule has 1 heterocycles. The maximum absolute atomic E-state index is 11.4. The van der Waals surface area contributed by atoms with E-state index in [0.717, 1.165) is 15.4 Å². The summed E-state index contributed by atoms with van der Waals surface area (Å²) in [4.78, 5) is 14.5. The van der Waals surface area contributed by atoms with Crippen LogP contribution >= 0.6 is 0 Å². The number of aromatic amines is 1. The fourth-order valence-corrected chi connectivity index (χ4v) is 1.76. The molecule has 1 aromatic carbocycles. The number of nitrogens with one attached hydrogen (secondary N) is 1. The predicted molar refractivity (Wildman–Crippen MR) is 69.2 cm³/mol. The zero-order valence-electron chi connectivity index (χ0n) is 11.0. The predicted octanol–water partition coefficient (Wildman–Crippen LogP) is -0.845. The van der Waals surface area contributed by atoms with Gasteiger partial charge in [0.1, 0.15) is 11.4 Å². The minimum atomic E-state index is -0.340. The summed E-state index contributed by atoms with van der Waals surface area (Å²) in [6, 6.07) is 7.94. The summed E-state index contributed by atoms with van der Waals surface area (Å²) in [6.07, 6.45) is 0. The topological polar surface area (TPSA) is 42.1 Å². The van der Waals surface area contributed by atoms with E-state index in [-0.39, 0.29) is 29.9 Å². The molecule has 0 bridgehead atoms. The molecule has 18 heavy (non-hydrogen) atoms. The summed E-state index contributed by atoms with van der Waals surface area (Å²) in [7, 11) is 7.70. The number of methoxy groups -OCH3 is 1. The van der Waals surface area contributed by atoms with Crippen molar-refractivity contribution in [3.63, 3.8) is 0 Å². The molecule has 2 aromatic rings. The molecule has 4 nitrogen and oxygen atoms in total. The second kappa shape index (κ2) is 5.27.